The molecule has 94 valence electrons. The second kappa shape index (κ2) is 4.94. The molecule has 0 bridgehead atoms. The minimum Gasteiger partial charge on any atom is -0.322 e. The maximum Gasteiger partial charge on any atom is 0.318 e. The van der Waals surface area contributed by atoms with Crippen LogP contribution < -0.4 is 11.2 Å². The predicted octanol–water partition coefficient (Wildman–Crippen LogP) is 0.773. The first-order chi connectivity index (χ1) is 8.54. The predicted molar refractivity (Wildman–Crippen MR) is 75.3 cm³/mol. The molecule has 0 aromatic heterocycles. The van der Waals surface area contributed by atoms with Gasteiger partial charge in [-0.15, -0.1) is 0 Å². The van der Waals surface area contributed by atoms with Gasteiger partial charge < -0.3 is 5.73 Å². The molecule has 0 aliphatic carbocycles. The molecule has 0 unspecified atom stereocenters. The molecule has 0 radical (unpaired) electrons. The Balaban J connectivity index is 2.37. The lowest BCUT2D eigenvalue weighted by Crippen LogP contribution is -2.51. The van der Waals surface area contributed by atoms with Crippen molar-refractivity contribution in [3.05, 3.63) is 29.3 Å². The normalized spacial score (nSPS) is 14.1. The van der Waals surface area contributed by atoms with Crippen LogP contribution in [0.2, 0.25) is 6.82 Å². The Kier molecular flexibility index (Phi) is 3.52. The number of nitrogens with zero attached hydrogens (tertiary/aromatic N) is 2. The first-order valence-corrected chi connectivity index (χ1v) is 6.24. The third kappa shape index (κ3) is 2.18. The lowest BCUT2D eigenvalue weighted by atomic mass is 9.55. The summed E-state index contributed by atoms with van der Waals surface area (Å²) in [4.78, 5) is 13.1. The monoisotopic (exact) mass is 243 g/mol. The molecule has 2 rings (SSSR count). The molecular weight excluding hydrogens is 225 g/mol. The van der Waals surface area contributed by atoms with Gasteiger partial charge in [0.05, 0.1) is 12.8 Å². The second-order valence-electron chi connectivity index (χ2n) is 4.91. The average Bonchev–Trinajstić information content (AvgIpc) is 2.37. The molecule has 5 heteroatoms. The van der Waals surface area contributed by atoms with Gasteiger partial charge in [0.2, 0.25) is 5.91 Å². The van der Waals surface area contributed by atoms with E-state index in [1.807, 2.05) is 6.82 Å². The lowest BCUT2D eigenvalue weighted by molar-refractivity contribution is -0.125. The van der Waals surface area contributed by atoms with E-state index in [1.165, 1.54) is 10.5 Å². The van der Waals surface area contributed by atoms with Gasteiger partial charge in [-0.3, -0.25) is 9.71 Å². The largest absolute Gasteiger partial charge is 0.322 e. The summed E-state index contributed by atoms with van der Waals surface area (Å²) >= 11 is 0. The van der Waals surface area contributed by atoms with Crippen molar-refractivity contribution < 1.29 is 4.79 Å². The fraction of sp³-hybridized carbons (Fsp3) is 0.385. The summed E-state index contributed by atoms with van der Waals surface area (Å²) < 4.78 is 0. The van der Waals surface area contributed by atoms with Gasteiger partial charge in [-0.2, -0.15) is 5.10 Å². The lowest BCUT2D eigenvalue weighted by Gasteiger charge is -2.27. The highest BCUT2D eigenvalue weighted by Crippen LogP contribution is 2.16. The highest BCUT2D eigenvalue weighted by atomic mass is 16.2. The minimum atomic E-state index is -0.155. The fourth-order valence-electron chi connectivity index (χ4n) is 2.17. The molecule has 1 heterocycles. The van der Waals surface area contributed by atoms with Crippen molar-refractivity contribution in [1.29, 1.82) is 0 Å². The Hall–Kier alpha value is -1.62. The highest BCUT2D eigenvalue weighted by Gasteiger charge is 2.29. The van der Waals surface area contributed by atoms with Gasteiger partial charge in [-0.1, -0.05) is 38.9 Å². The van der Waals surface area contributed by atoms with E-state index in [4.69, 9.17) is 5.73 Å². The Morgan fingerprint density at radius 2 is 2.22 bits per heavy atom. The molecule has 1 aromatic carbocycles. The standard InChI is InChI=1S/C13H18BN3O/c1-9(2)10-4-5-12-11(6-10)8-16-17(14(12)3)13(18)7-15/h4-6,8-9H,7,15H2,1-3H3. The quantitative estimate of drug-likeness (QED) is 0.780. The number of hydrogen-bond acceptors (Lipinski definition) is 3. The zero-order chi connectivity index (χ0) is 13.3. The van der Waals surface area contributed by atoms with Crippen molar-refractivity contribution in [1.82, 2.24) is 4.92 Å². The third-order valence-electron chi connectivity index (χ3n) is 3.35. The van der Waals surface area contributed by atoms with Crippen LogP contribution in [0.1, 0.15) is 30.9 Å². The fourth-order valence-corrected chi connectivity index (χ4v) is 2.17. The number of hydrogen-bond donors (Lipinski definition) is 1. The SMILES string of the molecule is CB1c2ccc(C(C)C)cc2C=NN1C(=O)CN. The van der Waals surface area contributed by atoms with Crippen molar-refractivity contribution >= 4 is 24.4 Å². The summed E-state index contributed by atoms with van der Waals surface area (Å²) in [6, 6.07) is 6.34. The smallest absolute Gasteiger partial charge is 0.318 e. The maximum absolute atomic E-state index is 11.6. The van der Waals surface area contributed by atoms with Crippen LogP contribution in [0, 0.1) is 0 Å². The van der Waals surface area contributed by atoms with Crippen LogP contribution in [0.3, 0.4) is 0 Å². The van der Waals surface area contributed by atoms with E-state index >= 15 is 0 Å². The topological polar surface area (TPSA) is 58.7 Å². The Morgan fingerprint density at radius 3 is 2.83 bits per heavy atom. The first kappa shape index (κ1) is 12.8. The molecular formula is C13H18BN3O. The number of carbonyl (C=O) groups excluding carboxylic acids is 1. The molecule has 1 amide bonds. The summed E-state index contributed by atoms with van der Waals surface area (Å²) in [5.74, 6) is 0.333. The molecule has 0 saturated heterocycles. The van der Waals surface area contributed by atoms with Gasteiger partial charge in [0.15, 0.2) is 0 Å². The van der Waals surface area contributed by atoms with E-state index in [0.717, 1.165) is 11.0 Å². The molecule has 1 aliphatic heterocycles. The number of carbonyl (C=O) groups is 1. The molecule has 0 spiro atoms. The zero-order valence-corrected chi connectivity index (χ0v) is 11.1. The van der Waals surface area contributed by atoms with Crippen molar-refractivity contribution in [2.24, 2.45) is 10.8 Å². The number of amides is 1. The van der Waals surface area contributed by atoms with E-state index in [0.29, 0.717) is 5.92 Å². The summed E-state index contributed by atoms with van der Waals surface area (Å²) in [5, 5.41) is 4.20. The van der Waals surface area contributed by atoms with E-state index in [1.54, 1.807) is 6.21 Å². The van der Waals surface area contributed by atoms with E-state index in [9.17, 15) is 4.79 Å². The Labute approximate surface area is 108 Å². The summed E-state index contributed by atoms with van der Waals surface area (Å²) in [5.41, 5.74) is 8.88. The van der Waals surface area contributed by atoms with Crippen LogP contribution in [0.25, 0.3) is 0 Å². The number of hydrazone groups is 1. The van der Waals surface area contributed by atoms with Gasteiger partial charge in [0.25, 0.3) is 0 Å². The van der Waals surface area contributed by atoms with Crippen LogP contribution in [0.5, 0.6) is 0 Å². The van der Waals surface area contributed by atoms with Gasteiger partial charge in [0.1, 0.15) is 0 Å². The summed E-state index contributed by atoms with van der Waals surface area (Å²) in [7, 11) is 0. The van der Waals surface area contributed by atoms with Crippen LogP contribution in [-0.4, -0.2) is 30.4 Å². The maximum atomic E-state index is 11.6. The van der Waals surface area contributed by atoms with Gasteiger partial charge in [0, 0.05) is 0 Å². The minimum absolute atomic E-state index is 0.0128. The van der Waals surface area contributed by atoms with Crippen molar-refractivity contribution in [3.63, 3.8) is 0 Å². The molecule has 0 saturated carbocycles. The molecule has 0 fully saturated rings. The molecule has 4 nitrogen and oxygen atoms in total. The second-order valence-corrected chi connectivity index (χ2v) is 4.91. The molecule has 1 aliphatic rings. The summed E-state index contributed by atoms with van der Waals surface area (Å²) in [6.07, 6.45) is 1.74. The molecule has 18 heavy (non-hydrogen) atoms. The van der Waals surface area contributed by atoms with Gasteiger partial charge in [-0.05, 0) is 22.5 Å². The van der Waals surface area contributed by atoms with Crippen LogP contribution in [-0.2, 0) is 4.79 Å². The Bertz CT molecular complexity index is 499. The zero-order valence-electron chi connectivity index (χ0n) is 11.1. The number of nitrogens with two attached hydrogens (primary N) is 1. The molecule has 1 aromatic rings. The van der Waals surface area contributed by atoms with Crippen LogP contribution in [0.4, 0.5) is 0 Å². The first-order valence-electron chi connectivity index (χ1n) is 6.24. The number of fused-ring (bicyclic) bond motifs is 1. The average molecular weight is 243 g/mol. The summed E-state index contributed by atoms with van der Waals surface area (Å²) in [6.45, 7) is 6.23. The number of rotatable bonds is 2. The van der Waals surface area contributed by atoms with E-state index in [-0.39, 0.29) is 19.3 Å². The van der Waals surface area contributed by atoms with Crippen LogP contribution >= 0.6 is 0 Å². The van der Waals surface area contributed by atoms with Crippen molar-refractivity contribution in [3.8, 4) is 0 Å². The molecule has 2 N–H and O–H groups in total. The van der Waals surface area contributed by atoms with Crippen molar-refractivity contribution in [2.75, 3.05) is 6.54 Å². The third-order valence-corrected chi connectivity index (χ3v) is 3.35. The van der Waals surface area contributed by atoms with Crippen molar-refractivity contribution in [2.45, 2.75) is 26.6 Å². The van der Waals surface area contributed by atoms with E-state index < -0.39 is 0 Å². The molecule has 0 atom stereocenters. The Morgan fingerprint density at radius 1 is 1.50 bits per heavy atom. The highest BCUT2D eigenvalue weighted by molar-refractivity contribution is 6.73. The number of benzene rings is 1. The van der Waals surface area contributed by atoms with Crippen LogP contribution in [0.15, 0.2) is 23.3 Å². The van der Waals surface area contributed by atoms with Gasteiger partial charge in [-0.25, -0.2) is 0 Å². The van der Waals surface area contributed by atoms with Gasteiger partial charge >= 0.3 is 6.85 Å². The van der Waals surface area contributed by atoms with E-state index in [2.05, 4.69) is 37.1 Å².